The quantitative estimate of drug-likeness (QED) is 0.847. The third kappa shape index (κ3) is 2.84. The maximum atomic E-state index is 4.94. The number of aromatic nitrogens is 2. The van der Waals surface area contributed by atoms with Crippen LogP contribution in [0, 0.1) is 5.92 Å². The Kier molecular flexibility index (Phi) is 3.60. The van der Waals surface area contributed by atoms with E-state index in [1.807, 2.05) is 30.3 Å². The number of hydrogen-bond acceptors (Lipinski definition) is 4. The van der Waals surface area contributed by atoms with E-state index in [4.69, 9.17) is 4.63 Å². The van der Waals surface area contributed by atoms with Crippen LogP contribution in [-0.4, -0.2) is 28.3 Å². The zero-order valence-electron chi connectivity index (χ0n) is 11.2. The minimum absolute atomic E-state index is 0.834. The van der Waals surface area contributed by atoms with Gasteiger partial charge in [-0.25, -0.2) is 4.63 Å². The Bertz CT molecular complexity index is 515. The standard InChI is InChI=1S/C15H19N3O/c1-12-7-9-18(10-8-12)11-14-15(17-19-16-14)13-5-3-2-4-6-13/h2-6,12H,7-11H2,1H3. The van der Waals surface area contributed by atoms with Crippen molar-refractivity contribution in [3.8, 4) is 11.3 Å². The predicted octanol–water partition coefficient (Wildman–Crippen LogP) is 2.97. The molecule has 0 radical (unpaired) electrons. The van der Waals surface area contributed by atoms with Crippen LogP contribution >= 0.6 is 0 Å². The molecule has 0 aliphatic carbocycles. The summed E-state index contributed by atoms with van der Waals surface area (Å²) in [5.41, 5.74) is 2.89. The molecule has 100 valence electrons. The first-order valence-electron chi connectivity index (χ1n) is 6.92. The van der Waals surface area contributed by atoms with Gasteiger partial charge in [0.25, 0.3) is 0 Å². The van der Waals surface area contributed by atoms with E-state index in [0.717, 1.165) is 42.5 Å². The molecule has 2 heterocycles. The summed E-state index contributed by atoms with van der Waals surface area (Å²) in [5, 5.41) is 8.13. The average Bonchev–Trinajstić information content (AvgIpc) is 2.90. The van der Waals surface area contributed by atoms with Gasteiger partial charge in [-0.05, 0) is 37.0 Å². The molecule has 1 saturated heterocycles. The molecule has 2 aromatic rings. The highest BCUT2D eigenvalue weighted by molar-refractivity contribution is 5.60. The zero-order valence-corrected chi connectivity index (χ0v) is 11.2. The van der Waals surface area contributed by atoms with Crippen molar-refractivity contribution in [3.05, 3.63) is 36.0 Å². The predicted molar refractivity (Wildman–Crippen MR) is 73.4 cm³/mol. The van der Waals surface area contributed by atoms with Crippen LogP contribution in [0.15, 0.2) is 35.0 Å². The van der Waals surface area contributed by atoms with Gasteiger partial charge in [0.15, 0.2) is 0 Å². The van der Waals surface area contributed by atoms with Gasteiger partial charge in [-0.1, -0.05) is 42.4 Å². The molecule has 4 nitrogen and oxygen atoms in total. The van der Waals surface area contributed by atoms with Crippen LogP contribution in [0.5, 0.6) is 0 Å². The molecule has 1 aromatic heterocycles. The number of rotatable bonds is 3. The van der Waals surface area contributed by atoms with E-state index in [2.05, 4.69) is 22.1 Å². The number of hydrogen-bond donors (Lipinski definition) is 0. The highest BCUT2D eigenvalue weighted by Crippen LogP contribution is 2.23. The summed E-state index contributed by atoms with van der Waals surface area (Å²) >= 11 is 0. The van der Waals surface area contributed by atoms with Crippen molar-refractivity contribution < 1.29 is 4.63 Å². The maximum absolute atomic E-state index is 4.94. The highest BCUT2D eigenvalue weighted by atomic mass is 16.6. The topological polar surface area (TPSA) is 42.2 Å². The van der Waals surface area contributed by atoms with Crippen molar-refractivity contribution in [2.75, 3.05) is 13.1 Å². The first-order chi connectivity index (χ1) is 9.33. The second-order valence-corrected chi connectivity index (χ2v) is 5.38. The molecule has 0 saturated carbocycles. The Morgan fingerprint density at radius 2 is 1.89 bits per heavy atom. The molecule has 3 rings (SSSR count). The molecule has 1 fully saturated rings. The van der Waals surface area contributed by atoms with Gasteiger partial charge in [0.1, 0.15) is 11.4 Å². The smallest absolute Gasteiger partial charge is 0.139 e. The molecule has 0 N–H and O–H groups in total. The summed E-state index contributed by atoms with van der Waals surface area (Å²) in [6.07, 6.45) is 2.54. The third-order valence-electron chi connectivity index (χ3n) is 3.85. The van der Waals surface area contributed by atoms with Crippen molar-refractivity contribution in [1.29, 1.82) is 0 Å². The molecule has 1 aliphatic heterocycles. The second-order valence-electron chi connectivity index (χ2n) is 5.38. The van der Waals surface area contributed by atoms with E-state index in [1.54, 1.807) is 0 Å². The lowest BCUT2D eigenvalue weighted by Crippen LogP contribution is -2.32. The van der Waals surface area contributed by atoms with Gasteiger partial charge < -0.3 is 0 Å². The van der Waals surface area contributed by atoms with E-state index in [0.29, 0.717) is 0 Å². The molecule has 0 spiro atoms. The van der Waals surface area contributed by atoms with E-state index >= 15 is 0 Å². The fourth-order valence-corrected chi connectivity index (χ4v) is 2.56. The molecule has 0 unspecified atom stereocenters. The van der Waals surface area contributed by atoms with Gasteiger partial charge in [0.05, 0.1) is 0 Å². The Balaban J connectivity index is 1.74. The number of benzene rings is 1. The minimum atomic E-state index is 0.834. The fourth-order valence-electron chi connectivity index (χ4n) is 2.56. The van der Waals surface area contributed by atoms with Crippen LogP contribution in [0.3, 0.4) is 0 Å². The van der Waals surface area contributed by atoms with Crippen LogP contribution in [0.2, 0.25) is 0 Å². The summed E-state index contributed by atoms with van der Waals surface area (Å²) in [6, 6.07) is 10.1. The van der Waals surface area contributed by atoms with E-state index in [1.165, 1.54) is 12.8 Å². The Hall–Kier alpha value is -1.68. The number of nitrogens with zero attached hydrogens (tertiary/aromatic N) is 3. The molecule has 1 aromatic carbocycles. The minimum Gasteiger partial charge on any atom is -0.297 e. The lowest BCUT2D eigenvalue weighted by Gasteiger charge is -2.29. The van der Waals surface area contributed by atoms with Crippen LogP contribution < -0.4 is 0 Å². The fraction of sp³-hybridized carbons (Fsp3) is 0.467. The molecule has 0 bridgehead atoms. The van der Waals surface area contributed by atoms with Crippen molar-refractivity contribution >= 4 is 0 Å². The third-order valence-corrected chi connectivity index (χ3v) is 3.85. The Labute approximate surface area is 113 Å². The lowest BCUT2D eigenvalue weighted by atomic mass is 9.99. The van der Waals surface area contributed by atoms with Crippen LogP contribution in [0.4, 0.5) is 0 Å². The van der Waals surface area contributed by atoms with Crippen molar-refractivity contribution in [1.82, 2.24) is 15.2 Å². The maximum Gasteiger partial charge on any atom is 0.139 e. The SMILES string of the molecule is CC1CCN(Cc2nonc2-c2ccccc2)CC1. The van der Waals surface area contributed by atoms with Gasteiger partial charge in [-0.15, -0.1) is 0 Å². The van der Waals surface area contributed by atoms with Crippen molar-refractivity contribution in [2.45, 2.75) is 26.3 Å². The summed E-state index contributed by atoms with van der Waals surface area (Å²) in [7, 11) is 0. The molecule has 19 heavy (non-hydrogen) atoms. The van der Waals surface area contributed by atoms with Gasteiger partial charge in [0, 0.05) is 12.1 Å². The molecular weight excluding hydrogens is 238 g/mol. The first kappa shape index (κ1) is 12.4. The van der Waals surface area contributed by atoms with E-state index in [9.17, 15) is 0 Å². The van der Waals surface area contributed by atoms with Crippen LogP contribution in [0.1, 0.15) is 25.5 Å². The second kappa shape index (κ2) is 5.53. The van der Waals surface area contributed by atoms with E-state index < -0.39 is 0 Å². The van der Waals surface area contributed by atoms with Gasteiger partial charge in [0.2, 0.25) is 0 Å². The number of piperidine rings is 1. The first-order valence-corrected chi connectivity index (χ1v) is 6.92. The number of likely N-dealkylation sites (tertiary alicyclic amines) is 1. The summed E-state index contributed by atoms with van der Waals surface area (Å²) < 4.78 is 4.94. The van der Waals surface area contributed by atoms with Crippen LogP contribution in [-0.2, 0) is 6.54 Å². The lowest BCUT2D eigenvalue weighted by molar-refractivity contribution is 0.180. The summed E-state index contributed by atoms with van der Waals surface area (Å²) in [6.45, 7) is 5.44. The average molecular weight is 257 g/mol. The Morgan fingerprint density at radius 1 is 1.16 bits per heavy atom. The van der Waals surface area contributed by atoms with Gasteiger partial charge >= 0.3 is 0 Å². The highest BCUT2D eigenvalue weighted by Gasteiger charge is 2.19. The van der Waals surface area contributed by atoms with Crippen molar-refractivity contribution in [3.63, 3.8) is 0 Å². The van der Waals surface area contributed by atoms with Gasteiger partial charge in [-0.3, -0.25) is 4.90 Å². The van der Waals surface area contributed by atoms with Crippen LogP contribution in [0.25, 0.3) is 11.3 Å². The largest absolute Gasteiger partial charge is 0.297 e. The zero-order chi connectivity index (χ0) is 13.1. The van der Waals surface area contributed by atoms with Gasteiger partial charge in [-0.2, -0.15) is 0 Å². The Morgan fingerprint density at radius 3 is 2.63 bits per heavy atom. The molecular formula is C15H19N3O. The molecule has 4 heteroatoms. The van der Waals surface area contributed by atoms with E-state index in [-0.39, 0.29) is 0 Å². The summed E-state index contributed by atoms with van der Waals surface area (Å²) in [5.74, 6) is 0.847. The summed E-state index contributed by atoms with van der Waals surface area (Å²) in [4.78, 5) is 2.44. The monoisotopic (exact) mass is 257 g/mol. The normalized spacial score (nSPS) is 17.7. The van der Waals surface area contributed by atoms with Crippen molar-refractivity contribution in [2.24, 2.45) is 5.92 Å². The molecule has 1 aliphatic rings. The molecule has 0 amide bonds. The molecule has 0 atom stereocenters.